The van der Waals surface area contributed by atoms with Crippen LogP contribution in [0.2, 0.25) is 0 Å². The predicted octanol–water partition coefficient (Wildman–Crippen LogP) is 2.61. The monoisotopic (exact) mass is 267 g/mol. The Bertz CT molecular complexity index is 373. The molecule has 1 aromatic heterocycles. The molecular formula is C14H25N3S. The Morgan fingerprint density at radius 2 is 2.06 bits per heavy atom. The summed E-state index contributed by atoms with van der Waals surface area (Å²) in [6.07, 6.45) is 4.54. The lowest BCUT2D eigenvalue weighted by Gasteiger charge is -2.30. The molecule has 1 aliphatic heterocycles. The Labute approximate surface area is 114 Å². The summed E-state index contributed by atoms with van der Waals surface area (Å²) in [5.74, 6) is 0.739. The number of hydrogen-bond acceptors (Lipinski definition) is 4. The van der Waals surface area contributed by atoms with Crippen molar-refractivity contribution in [3.8, 4) is 0 Å². The van der Waals surface area contributed by atoms with Crippen LogP contribution in [0.15, 0.2) is 6.20 Å². The molecule has 0 aliphatic carbocycles. The fourth-order valence-electron chi connectivity index (χ4n) is 2.30. The van der Waals surface area contributed by atoms with Crippen molar-refractivity contribution in [1.29, 1.82) is 0 Å². The van der Waals surface area contributed by atoms with Crippen LogP contribution < -0.4 is 5.73 Å². The summed E-state index contributed by atoms with van der Waals surface area (Å²) in [5, 5.41) is 1.26. The molecule has 0 amide bonds. The molecular weight excluding hydrogens is 242 g/mol. The maximum atomic E-state index is 5.72. The maximum Gasteiger partial charge on any atom is 0.107 e. The van der Waals surface area contributed by atoms with Crippen molar-refractivity contribution < 1.29 is 0 Å². The van der Waals surface area contributed by atoms with Gasteiger partial charge in [-0.3, -0.25) is 4.90 Å². The van der Waals surface area contributed by atoms with Crippen LogP contribution in [-0.2, 0) is 12.0 Å². The molecule has 4 heteroatoms. The van der Waals surface area contributed by atoms with Crippen LogP contribution in [0.25, 0.3) is 0 Å². The van der Waals surface area contributed by atoms with Gasteiger partial charge in [0, 0.05) is 11.1 Å². The Morgan fingerprint density at radius 3 is 2.56 bits per heavy atom. The van der Waals surface area contributed by atoms with Crippen LogP contribution in [0, 0.1) is 5.92 Å². The smallest absolute Gasteiger partial charge is 0.107 e. The van der Waals surface area contributed by atoms with E-state index in [2.05, 4.69) is 30.7 Å². The SMILES string of the molecule is CC(C)(C)c1cnc(CN2CCC(CN)CC2)s1. The van der Waals surface area contributed by atoms with Gasteiger partial charge in [0.05, 0.1) is 6.54 Å². The lowest BCUT2D eigenvalue weighted by molar-refractivity contribution is 0.180. The number of likely N-dealkylation sites (tertiary alicyclic amines) is 1. The Morgan fingerprint density at radius 1 is 1.39 bits per heavy atom. The minimum atomic E-state index is 0.225. The van der Waals surface area contributed by atoms with Crippen LogP contribution in [0.1, 0.15) is 43.5 Å². The third-order valence-electron chi connectivity index (χ3n) is 3.69. The van der Waals surface area contributed by atoms with Crippen LogP contribution in [0.3, 0.4) is 0 Å². The van der Waals surface area contributed by atoms with Gasteiger partial charge >= 0.3 is 0 Å². The summed E-state index contributed by atoms with van der Waals surface area (Å²) in [6.45, 7) is 10.9. The highest BCUT2D eigenvalue weighted by Crippen LogP contribution is 2.28. The van der Waals surface area contributed by atoms with Crippen molar-refractivity contribution in [2.75, 3.05) is 19.6 Å². The number of thiazole rings is 1. The molecule has 0 spiro atoms. The topological polar surface area (TPSA) is 42.2 Å². The first-order valence-corrected chi connectivity index (χ1v) is 7.68. The molecule has 2 rings (SSSR count). The fraction of sp³-hybridized carbons (Fsp3) is 0.786. The van der Waals surface area contributed by atoms with Crippen molar-refractivity contribution in [3.05, 3.63) is 16.1 Å². The molecule has 1 saturated heterocycles. The molecule has 102 valence electrons. The molecule has 0 saturated carbocycles. The van der Waals surface area contributed by atoms with E-state index in [4.69, 9.17) is 5.73 Å². The highest BCUT2D eigenvalue weighted by molar-refractivity contribution is 7.11. The van der Waals surface area contributed by atoms with E-state index in [1.54, 1.807) is 0 Å². The molecule has 0 bridgehead atoms. The summed E-state index contributed by atoms with van der Waals surface area (Å²) in [4.78, 5) is 8.46. The largest absolute Gasteiger partial charge is 0.330 e. The number of nitrogens with zero attached hydrogens (tertiary/aromatic N) is 2. The highest BCUT2D eigenvalue weighted by Gasteiger charge is 2.21. The van der Waals surface area contributed by atoms with Gasteiger partial charge in [0.1, 0.15) is 5.01 Å². The number of hydrogen-bond donors (Lipinski definition) is 1. The van der Waals surface area contributed by atoms with Gasteiger partial charge in [-0.1, -0.05) is 20.8 Å². The van der Waals surface area contributed by atoms with E-state index >= 15 is 0 Å². The highest BCUT2D eigenvalue weighted by atomic mass is 32.1. The van der Waals surface area contributed by atoms with Crippen molar-refractivity contribution in [2.24, 2.45) is 11.7 Å². The normalized spacial score (nSPS) is 19.3. The zero-order valence-corrected chi connectivity index (χ0v) is 12.6. The van der Waals surface area contributed by atoms with Crippen molar-refractivity contribution >= 4 is 11.3 Å². The van der Waals surface area contributed by atoms with Crippen LogP contribution >= 0.6 is 11.3 Å². The van der Waals surface area contributed by atoms with Crippen molar-refractivity contribution in [1.82, 2.24) is 9.88 Å². The average Bonchev–Trinajstić information content (AvgIpc) is 2.78. The standard InChI is InChI=1S/C14H25N3S/c1-14(2,3)12-9-16-13(18-12)10-17-6-4-11(8-15)5-7-17/h9,11H,4-8,10,15H2,1-3H3. The van der Waals surface area contributed by atoms with Gasteiger partial charge in [-0.2, -0.15) is 0 Å². The first-order chi connectivity index (χ1) is 8.49. The summed E-state index contributed by atoms with van der Waals surface area (Å²) in [6, 6.07) is 0. The third-order valence-corrected chi connectivity index (χ3v) is 5.10. The van der Waals surface area contributed by atoms with Crippen molar-refractivity contribution in [3.63, 3.8) is 0 Å². The Kier molecular flexibility index (Phi) is 4.41. The first kappa shape index (κ1) is 14.0. The van der Waals surface area contributed by atoms with Gasteiger partial charge in [-0.05, 0) is 43.8 Å². The second-order valence-electron chi connectivity index (χ2n) is 6.32. The van der Waals surface area contributed by atoms with E-state index in [1.807, 2.05) is 17.5 Å². The molecule has 18 heavy (non-hydrogen) atoms. The van der Waals surface area contributed by atoms with E-state index in [1.165, 1.54) is 35.8 Å². The van der Waals surface area contributed by atoms with Gasteiger partial charge in [0.2, 0.25) is 0 Å². The molecule has 2 heterocycles. The summed E-state index contributed by atoms with van der Waals surface area (Å²) in [7, 11) is 0. The third kappa shape index (κ3) is 3.53. The zero-order chi connectivity index (χ0) is 13.2. The molecule has 1 fully saturated rings. The maximum absolute atomic E-state index is 5.72. The molecule has 0 unspecified atom stereocenters. The molecule has 3 nitrogen and oxygen atoms in total. The van der Waals surface area contributed by atoms with E-state index in [0.29, 0.717) is 0 Å². The van der Waals surface area contributed by atoms with Gasteiger partial charge in [-0.25, -0.2) is 4.98 Å². The van der Waals surface area contributed by atoms with E-state index in [-0.39, 0.29) is 5.41 Å². The predicted molar refractivity (Wildman–Crippen MR) is 77.9 cm³/mol. The second-order valence-corrected chi connectivity index (χ2v) is 7.44. The molecule has 1 aromatic rings. The van der Waals surface area contributed by atoms with Gasteiger partial charge < -0.3 is 5.73 Å². The minimum absolute atomic E-state index is 0.225. The van der Waals surface area contributed by atoms with E-state index < -0.39 is 0 Å². The molecule has 0 radical (unpaired) electrons. The van der Waals surface area contributed by atoms with Crippen LogP contribution in [-0.4, -0.2) is 29.5 Å². The number of aromatic nitrogens is 1. The summed E-state index contributed by atoms with van der Waals surface area (Å²) in [5.41, 5.74) is 5.95. The summed E-state index contributed by atoms with van der Waals surface area (Å²) < 4.78 is 0. The zero-order valence-electron chi connectivity index (χ0n) is 11.8. The lowest BCUT2D eigenvalue weighted by atomic mass is 9.96. The van der Waals surface area contributed by atoms with Crippen LogP contribution in [0.4, 0.5) is 0 Å². The average molecular weight is 267 g/mol. The quantitative estimate of drug-likeness (QED) is 0.915. The van der Waals surface area contributed by atoms with E-state index in [9.17, 15) is 0 Å². The molecule has 1 aliphatic rings. The Balaban J connectivity index is 1.89. The fourth-order valence-corrected chi connectivity index (χ4v) is 3.32. The number of nitrogens with two attached hydrogens (primary N) is 1. The second kappa shape index (κ2) is 5.68. The van der Waals surface area contributed by atoms with Gasteiger partial charge in [0.25, 0.3) is 0 Å². The molecule has 0 aromatic carbocycles. The Hall–Kier alpha value is -0.450. The minimum Gasteiger partial charge on any atom is -0.330 e. The van der Waals surface area contributed by atoms with Crippen LogP contribution in [0.5, 0.6) is 0 Å². The van der Waals surface area contributed by atoms with E-state index in [0.717, 1.165) is 19.0 Å². The van der Waals surface area contributed by atoms with Gasteiger partial charge in [-0.15, -0.1) is 11.3 Å². The molecule has 0 atom stereocenters. The molecule has 2 N–H and O–H groups in total. The number of piperidine rings is 1. The lowest BCUT2D eigenvalue weighted by Crippen LogP contribution is -2.35. The van der Waals surface area contributed by atoms with Gasteiger partial charge in [0.15, 0.2) is 0 Å². The first-order valence-electron chi connectivity index (χ1n) is 6.86. The summed E-state index contributed by atoms with van der Waals surface area (Å²) >= 11 is 1.86. The van der Waals surface area contributed by atoms with Crippen molar-refractivity contribution in [2.45, 2.75) is 45.6 Å². The number of rotatable bonds is 3.